The Bertz CT molecular complexity index is 1490. The number of anilines is 1. The smallest absolute Gasteiger partial charge is 0.258 e. The predicted octanol–water partition coefficient (Wildman–Crippen LogP) is 5.74. The van der Waals surface area contributed by atoms with E-state index >= 15 is 0 Å². The fourth-order valence-electron chi connectivity index (χ4n) is 3.34. The van der Waals surface area contributed by atoms with Crippen LogP contribution >= 0.6 is 27.3 Å². The van der Waals surface area contributed by atoms with Crippen LogP contribution < -0.4 is 5.43 Å². The molecule has 5 aromatic rings. The topological polar surface area (TPSA) is 111 Å². The number of hydrazone groups is 1. The zero-order chi connectivity index (χ0) is 23.5. The van der Waals surface area contributed by atoms with E-state index in [-0.39, 0.29) is 5.69 Å². The molecule has 0 radical (unpaired) electrons. The van der Waals surface area contributed by atoms with Crippen LogP contribution in [-0.2, 0) is 6.54 Å². The molecule has 0 saturated heterocycles. The second-order valence-corrected chi connectivity index (χ2v) is 9.03. The van der Waals surface area contributed by atoms with Gasteiger partial charge in [0.15, 0.2) is 0 Å². The Labute approximate surface area is 206 Å². The summed E-state index contributed by atoms with van der Waals surface area (Å²) in [6, 6.07) is 21.8. The van der Waals surface area contributed by atoms with Crippen LogP contribution in [0, 0.1) is 10.1 Å². The third kappa shape index (κ3) is 4.70. The number of rotatable bonds is 7. The van der Waals surface area contributed by atoms with E-state index in [4.69, 9.17) is 0 Å². The molecule has 0 amide bonds. The lowest BCUT2D eigenvalue weighted by atomic mass is 10.1. The van der Waals surface area contributed by atoms with E-state index in [1.807, 2.05) is 53.9 Å². The highest BCUT2D eigenvalue weighted by Crippen LogP contribution is 2.26. The Hall–Kier alpha value is -3.96. The van der Waals surface area contributed by atoms with Gasteiger partial charge >= 0.3 is 0 Å². The van der Waals surface area contributed by atoms with Crippen molar-refractivity contribution in [3.63, 3.8) is 0 Å². The Morgan fingerprint density at radius 1 is 1.09 bits per heavy atom. The summed E-state index contributed by atoms with van der Waals surface area (Å²) in [4.78, 5) is 15.3. The van der Waals surface area contributed by atoms with Gasteiger partial charge in [0.25, 0.3) is 5.69 Å². The van der Waals surface area contributed by atoms with E-state index in [1.165, 1.54) is 23.5 Å². The number of nitrogens with zero attached hydrogens (tertiary/aromatic N) is 6. The fraction of sp³-hybridized carbons (Fsp3) is 0.0435. The van der Waals surface area contributed by atoms with Gasteiger partial charge < -0.3 is 0 Å². The summed E-state index contributed by atoms with van der Waals surface area (Å²) in [5, 5.41) is 26.7. The Balaban J connectivity index is 1.45. The molecule has 2 heterocycles. The number of benzene rings is 3. The molecule has 0 aliphatic heterocycles. The molecule has 3 aromatic carbocycles. The van der Waals surface area contributed by atoms with Crippen molar-refractivity contribution in [3.05, 3.63) is 98.3 Å². The Kier molecular flexibility index (Phi) is 6.11. The van der Waals surface area contributed by atoms with E-state index in [9.17, 15) is 10.1 Å². The van der Waals surface area contributed by atoms with Crippen LogP contribution in [0.5, 0.6) is 0 Å². The van der Waals surface area contributed by atoms with Gasteiger partial charge in [0, 0.05) is 33.1 Å². The lowest BCUT2D eigenvalue weighted by Crippen LogP contribution is -2.15. The fourth-order valence-corrected chi connectivity index (χ4v) is 4.26. The zero-order valence-corrected chi connectivity index (χ0v) is 19.9. The summed E-state index contributed by atoms with van der Waals surface area (Å²) in [7, 11) is 0. The number of halogens is 1. The molecule has 0 saturated carbocycles. The van der Waals surface area contributed by atoms with Crippen molar-refractivity contribution in [2.45, 2.75) is 6.54 Å². The van der Waals surface area contributed by atoms with E-state index in [0.29, 0.717) is 17.4 Å². The van der Waals surface area contributed by atoms with Gasteiger partial charge in [-0.25, -0.2) is 9.67 Å². The van der Waals surface area contributed by atoms with Crippen LogP contribution in [0.3, 0.4) is 0 Å². The largest absolute Gasteiger partial charge is 0.269 e. The number of para-hydroxylation sites is 1. The second-order valence-electron chi connectivity index (χ2n) is 7.25. The third-order valence-electron chi connectivity index (χ3n) is 5.06. The minimum absolute atomic E-state index is 0.0151. The maximum absolute atomic E-state index is 11.1. The van der Waals surface area contributed by atoms with Gasteiger partial charge in [0.2, 0.25) is 5.13 Å². The van der Waals surface area contributed by atoms with Crippen molar-refractivity contribution in [2.75, 3.05) is 5.43 Å². The number of thiazole rings is 1. The molecule has 0 fully saturated rings. The first kappa shape index (κ1) is 21.9. The average Bonchev–Trinajstić information content (AvgIpc) is 3.50. The normalized spacial score (nSPS) is 11.6. The van der Waals surface area contributed by atoms with Crippen LogP contribution in [-0.4, -0.2) is 30.6 Å². The van der Waals surface area contributed by atoms with Crippen molar-refractivity contribution < 1.29 is 4.92 Å². The molecule has 0 bridgehead atoms. The molecule has 168 valence electrons. The first-order chi connectivity index (χ1) is 16.6. The van der Waals surface area contributed by atoms with E-state index in [1.54, 1.807) is 16.8 Å². The first-order valence-corrected chi connectivity index (χ1v) is 11.8. The molecule has 34 heavy (non-hydrogen) atoms. The van der Waals surface area contributed by atoms with Crippen LogP contribution in [0.1, 0.15) is 5.56 Å². The molecular formula is C23H16BrN7O2S. The summed E-state index contributed by atoms with van der Waals surface area (Å²) < 4.78 is 2.75. The number of hydrogen-bond donors (Lipinski definition) is 1. The predicted molar refractivity (Wildman–Crippen MR) is 136 cm³/mol. The lowest BCUT2D eigenvalue weighted by Gasteiger charge is -2.08. The number of hydrogen-bond acceptors (Lipinski definition) is 8. The molecule has 0 spiro atoms. The lowest BCUT2D eigenvalue weighted by molar-refractivity contribution is -0.384. The van der Waals surface area contributed by atoms with Gasteiger partial charge in [-0.15, -0.1) is 16.4 Å². The van der Waals surface area contributed by atoms with Crippen molar-refractivity contribution in [2.24, 2.45) is 5.10 Å². The Morgan fingerprint density at radius 3 is 2.62 bits per heavy atom. The quantitative estimate of drug-likeness (QED) is 0.162. The van der Waals surface area contributed by atoms with Crippen LogP contribution in [0.4, 0.5) is 10.8 Å². The highest BCUT2D eigenvalue weighted by Gasteiger charge is 2.13. The number of non-ortho nitro benzene ring substituents is 1. The van der Waals surface area contributed by atoms with Crippen LogP contribution in [0.2, 0.25) is 0 Å². The highest BCUT2D eigenvalue weighted by molar-refractivity contribution is 9.10. The number of nitro benzene ring substituents is 1. The van der Waals surface area contributed by atoms with Gasteiger partial charge in [-0.2, -0.15) is 5.10 Å². The summed E-state index contributed by atoms with van der Waals surface area (Å²) >= 11 is 4.88. The Morgan fingerprint density at radius 2 is 1.85 bits per heavy atom. The van der Waals surface area contributed by atoms with Gasteiger partial charge in [-0.05, 0) is 36.4 Å². The van der Waals surface area contributed by atoms with Gasteiger partial charge in [-0.3, -0.25) is 15.5 Å². The van der Waals surface area contributed by atoms with Gasteiger partial charge in [-0.1, -0.05) is 45.4 Å². The van der Waals surface area contributed by atoms with E-state index in [2.05, 4.69) is 41.8 Å². The maximum Gasteiger partial charge on any atom is 0.269 e. The van der Waals surface area contributed by atoms with E-state index < -0.39 is 4.92 Å². The van der Waals surface area contributed by atoms with Crippen LogP contribution in [0.15, 0.2) is 87.8 Å². The average molecular weight is 534 g/mol. The molecule has 9 nitrogen and oxygen atoms in total. The zero-order valence-electron chi connectivity index (χ0n) is 17.5. The first-order valence-electron chi connectivity index (χ1n) is 10.1. The van der Waals surface area contributed by atoms with Gasteiger partial charge in [0.1, 0.15) is 5.52 Å². The minimum atomic E-state index is -0.428. The summed E-state index contributed by atoms with van der Waals surface area (Å²) in [5.74, 6) is 0. The molecular weight excluding hydrogens is 518 g/mol. The number of nitro groups is 1. The minimum Gasteiger partial charge on any atom is -0.258 e. The molecule has 0 atom stereocenters. The van der Waals surface area contributed by atoms with Crippen molar-refractivity contribution in [3.8, 4) is 11.3 Å². The highest BCUT2D eigenvalue weighted by atomic mass is 79.9. The summed E-state index contributed by atoms with van der Waals surface area (Å²) in [5.41, 5.74) is 7.89. The van der Waals surface area contributed by atoms with Gasteiger partial charge in [0.05, 0.1) is 28.4 Å². The number of fused-ring (bicyclic) bond motifs is 1. The van der Waals surface area contributed by atoms with Crippen molar-refractivity contribution in [1.82, 2.24) is 20.0 Å². The SMILES string of the molecule is O=[N+]([O-])c1ccc(/C(Cn2nnc3ccccc32)=N\Nc2nc(-c3ccc(Br)cc3)cs2)cc1. The monoisotopic (exact) mass is 533 g/mol. The standard InChI is InChI=1S/C23H16BrN7O2S/c24-17-9-5-16(6-10-17)21-14-34-23(25-21)28-26-20(15-7-11-18(12-8-15)31(32)33)13-30-22-4-2-1-3-19(22)27-29-30/h1-12,14H,13H2,(H,25,28)/b26-20-. The summed E-state index contributed by atoms with van der Waals surface area (Å²) in [6.45, 7) is 0.316. The summed E-state index contributed by atoms with van der Waals surface area (Å²) in [6.07, 6.45) is 0. The molecule has 0 unspecified atom stereocenters. The van der Waals surface area contributed by atoms with Crippen molar-refractivity contribution in [1.29, 1.82) is 0 Å². The molecule has 1 N–H and O–H groups in total. The molecule has 2 aromatic heterocycles. The van der Waals surface area contributed by atoms with Crippen LogP contribution in [0.25, 0.3) is 22.3 Å². The second kappa shape index (κ2) is 9.49. The van der Waals surface area contributed by atoms with Crippen molar-refractivity contribution >= 4 is 54.8 Å². The number of nitrogens with one attached hydrogen (secondary N) is 1. The number of aromatic nitrogens is 4. The molecule has 0 aliphatic carbocycles. The third-order valence-corrected chi connectivity index (χ3v) is 6.34. The maximum atomic E-state index is 11.1. The molecule has 0 aliphatic rings. The van der Waals surface area contributed by atoms with E-state index in [0.717, 1.165) is 32.3 Å². The molecule has 5 rings (SSSR count). The molecule has 11 heteroatoms.